The Kier molecular flexibility index (Phi) is 5.99. The van der Waals surface area contributed by atoms with Gasteiger partial charge in [0.05, 0.1) is 25.7 Å². The molecule has 2 heterocycles. The molecule has 0 saturated carbocycles. The molecule has 0 aliphatic rings. The van der Waals surface area contributed by atoms with Crippen molar-refractivity contribution in [2.24, 2.45) is 0 Å². The van der Waals surface area contributed by atoms with Crippen molar-refractivity contribution >= 4 is 29.0 Å². The van der Waals surface area contributed by atoms with E-state index in [1.165, 1.54) is 31.0 Å². The highest BCUT2D eigenvalue weighted by atomic mass is 32.2. The molecule has 0 aliphatic heterocycles. The Labute approximate surface area is 181 Å². The smallest absolute Gasteiger partial charge is 0.234 e. The number of thioether (sulfide) groups is 1. The van der Waals surface area contributed by atoms with Crippen molar-refractivity contribution in [1.82, 2.24) is 19.8 Å². The molecule has 0 saturated heterocycles. The van der Waals surface area contributed by atoms with Gasteiger partial charge in [-0.05, 0) is 48.5 Å². The molecule has 2 aromatic heterocycles. The van der Waals surface area contributed by atoms with Crippen molar-refractivity contribution in [3.63, 3.8) is 0 Å². The number of halogens is 1. The Morgan fingerprint density at radius 1 is 1.03 bits per heavy atom. The summed E-state index contributed by atoms with van der Waals surface area (Å²) in [5.41, 5.74) is 2.54. The summed E-state index contributed by atoms with van der Waals surface area (Å²) >= 11 is 1.21. The summed E-state index contributed by atoms with van der Waals surface area (Å²) in [4.78, 5) is 12.4. The van der Waals surface area contributed by atoms with Crippen molar-refractivity contribution in [3.05, 3.63) is 60.4 Å². The van der Waals surface area contributed by atoms with E-state index in [1.54, 1.807) is 54.1 Å². The average molecular weight is 439 g/mol. The average Bonchev–Trinajstić information content (AvgIpc) is 3.20. The largest absolute Gasteiger partial charge is 0.493 e. The maximum absolute atomic E-state index is 13.2. The second kappa shape index (κ2) is 9.00. The van der Waals surface area contributed by atoms with Crippen LogP contribution in [0.2, 0.25) is 0 Å². The van der Waals surface area contributed by atoms with E-state index < -0.39 is 0 Å². The summed E-state index contributed by atoms with van der Waals surface area (Å²) in [6.07, 6.45) is 0. The fraction of sp³-hybridized carbons (Fsp3) is 0.143. The summed E-state index contributed by atoms with van der Waals surface area (Å²) in [7, 11) is 3.08. The third-order valence-electron chi connectivity index (χ3n) is 4.37. The molecule has 0 fully saturated rings. The van der Waals surface area contributed by atoms with E-state index in [2.05, 4.69) is 20.6 Å². The van der Waals surface area contributed by atoms with E-state index in [0.717, 1.165) is 5.56 Å². The molecule has 0 atom stereocenters. The second-order valence-corrected chi connectivity index (χ2v) is 7.33. The number of rotatable bonds is 7. The van der Waals surface area contributed by atoms with Crippen LogP contribution in [0.3, 0.4) is 0 Å². The molecule has 10 heteroatoms. The lowest BCUT2D eigenvalue weighted by atomic mass is 10.1. The van der Waals surface area contributed by atoms with Gasteiger partial charge in [0, 0.05) is 17.3 Å². The topological polar surface area (TPSA) is 90.6 Å². The van der Waals surface area contributed by atoms with Gasteiger partial charge in [0.25, 0.3) is 0 Å². The number of fused-ring (bicyclic) bond motifs is 1. The molecule has 0 spiro atoms. The van der Waals surface area contributed by atoms with Crippen LogP contribution in [-0.2, 0) is 4.79 Å². The molecule has 8 nitrogen and oxygen atoms in total. The minimum absolute atomic E-state index is 0.109. The number of nitrogens with one attached hydrogen (secondary N) is 1. The van der Waals surface area contributed by atoms with Crippen LogP contribution in [0.5, 0.6) is 11.5 Å². The predicted molar refractivity (Wildman–Crippen MR) is 115 cm³/mol. The zero-order valence-corrected chi connectivity index (χ0v) is 17.5. The molecular weight excluding hydrogens is 421 g/mol. The van der Waals surface area contributed by atoms with E-state index in [1.807, 2.05) is 0 Å². The van der Waals surface area contributed by atoms with Crippen molar-refractivity contribution in [2.45, 2.75) is 5.16 Å². The highest BCUT2D eigenvalue weighted by Gasteiger charge is 2.13. The van der Waals surface area contributed by atoms with Crippen LogP contribution in [0.1, 0.15) is 0 Å². The van der Waals surface area contributed by atoms with Crippen molar-refractivity contribution in [3.8, 4) is 22.8 Å². The van der Waals surface area contributed by atoms with Crippen LogP contribution >= 0.6 is 11.8 Å². The van der Waals surface area contributed by atoms with Crippen LogP contribution in [0.4, 0.5) is 10.1 Å². The lowest BCUT2D eigenvalue weighted by Crippen LogP contribution is -2.14. The number of ether oxygens (including phenoxy) is 2. The first-order valence-corrected chi connectivity index (χ1v) is 10.2. The Hall–Kier alpha value is -3.66. The molecular formula is C21H18FN5O3S. The highest BCUT2D eigenvalue weighted by Crippen LogP contribution is 2.30. The lowest BCUT2D eigenvalue weighted by Gasteiger charge is -2.10. The van der Waals surface area contributed by atoms with E-state index in [9.17, 15) is 9.18 Å². The molecule has 4 rings (SSSR count). The summed E-state index contributed by atoms with van der Waals surface area (Å²) < 4.78 is 25.2. The number of anilines is 1. The minimum Gasteiger partial charge on any atom is -0.493 e. The van der Waals surface area contributed by atoms with Crippen LogP contribution in [0.15, 0.2) is 59.8 Å². The zero-order valence-electron chi connectivity index (χ0n) is 16.7. The van der Waals surface area contributed by atoms with Crippen LogP contribution < -0.4 is 14.8 Å². The number of carbonyl (C=O) groups excluding carboxylic acids is 1. The monoisotopic (exact) mass is 439 g/mol. The van der Waals surface area contributed by atoms with Gasteiger partial charge in [0.15, 0.2) is 17.1 Å². The molecule has 0 aliphatic carbocycles. The number of benzene rings is 2. The fourth-order valence-electron chi connectivity index (χ4n) is 2.87. The molecule has 4 aromatic rings. The summed E-state index contributed by atoms with van der Waals surface area (Å²) in [5.74, 6) is 0.675. The van der Waals surface area contributed by atoms with E-state index >= 15 is 0 Å². The quantitative estimate of drug-likeness (QED) is 0.439. The van der Waals surface area contributed by atoms with Gasteiger partial charge in [-0.2, -0.15) is 9.61 Å². The molecule has 2 aromatic carbocycles. The van der Waals surface area contributed by atoms with E-state index in [4.69, 9.17) is 9.47 Å². The lowest BCUT2D eigenvalue weighted by molar-refractivity contribution is -0.113. The molecule has 0 bridgehead atoms. The molecule has 158 valence electrons. The normalized spacial score (nSPS) is 10.8. The first kappa shape index (κ1) is 20.6. The zero-order chi connectivity index (χ0) is 21.8. The molecule has 0 radical (unpaired) electrons. The summed E-state index contributed by atoms with van der Waals surface area (Å²) in [6.45, 7) is 0. The maximum Gasteiger partial charge on any atom is 0.234 e. The van der Waals surface area contributed by atoms with E-state index in [0.29, 0.717) is 33.7 Å². The van der Waals surface area contributed by atoms with Gasteiger partial charge in [-0.15, -0.1) is 10.2 Å². The van der Waals surface area contributed by atoms with E-state index in [-0.39, 0.29) is 17.5 Å². The Bertz CT molecular complexity index is 1230. The molecule has 1 amide bonds. The molecule has 31 heavy (non-hydrogen) atoms. The second-order valence-electron chi connectivity index (χ2n) is 6.38. The number of methoxy groups -OCH3 is 2. The number of aromatic nitrogens is 4. The third-order valence-corrected chi connectivity index (χ3v) is 5.29. The number of nitrogens with zero attached hydrogens (tertiary/aromatic N) is 4. The van der Waals surface area contributed by atoms with Gasteiger partial charge in [0.2, 0.25) is 11.1 Å². The maximum atomic E-state index is 13.2. The Balaban J connectivity index is 1.47. The third kappa shape index (κ3) is 4.58. The number of amides is 1. The number of hydrogen-bond acceptors (Lipinski definition) is 7. The van der Waals surface area contributed by atoms with Gasteiger partial charge in [-0.1, -0.05) is 11.8 Å². The van der Waals surface area contributed by atoms with Gasteiger partial charge >= 0.3 is 0 Å². The fourth-order valence-corrected chi connectivity index (χ4v) is 3.56. The summed E-state index contributed by atoms with van der Waals surface area (Å²) in [5, 5.41) is 16.0. The minimum atomic E-state index is -0.314. The molecule has 0 unspecified atom stereocenters. The van der Waals surface area contributed by atoms with Gasteiger partial charge in [-0.25, -0.2) is 4.39 Å². The first-order chi connectivity index (χ1) is 15.1. The Morgan fingerprint density at radius 3 is 2.55 bits per heavy atom. The first-order valence-electron chi connectivity index (χ1n) is 9.20. The number of hydrogen-bond donors (Lipinski definition) is 1. The van der Waals surface area contributed by atoms with Gasteiger partial charge in [0.1, 0.15) is 5.82 Å². The van der Waals surface area contributed by atoms with Crippen molar-refractivity contribution < 1.29 is 18.7 Å². The van der Waals surface area contributed by atoms with Gasteiger partial charge in [-0.3, -0.25) is 4.79 Å². The van der Waals surface area contributed by atoms with Crippen molar-refractivity contribution in [2.75, 3.05) is 25.3 Å². The van der Waals surface area contributed by atoms with Crippen LogP contribution in [0.25, 0.3) is 16.9 Å². The number of carbonyl (C=O) groups is 1. The standard InChI is InChI=1S/C21H18FN5O3S/c1-29-17-9-7-15(11-18(17)30-2)23-20(28)12-31-21-25-24-19-10-8-16(26-27(19)21)13-3-5-14(22)6-4-13/h3-11H,12H2,1-2H3,(H,23,28). The highest BCUT2D eigenvalue weighted by molar-refractivity contribution is 7.99. The Morgan fingerprint density at radius 2 is 1.81 bits per heavy atom. The predicted octanol–water partition coefficient (Wildman–Crippen LogP) is 3.68. The van der Waals surface area contributed by atoms with Gasteiger partial charge < -0.3 is 14.8 Å². The van der Waals surface area contributed by atoms with Crippen molar-refractivity contribution in [1.29, 1.82) is 0 Å². The summed E-state index contributed by atoms with van der Waals surface area (Å²) in [6, 6.07) is 14.7. The van der Waals surface area contributed by atoms with Crippen LogP contribution in [-0.4, -0.2) is 45.7 Å². The SMILES string of the molecule is COc1ccc(NC(=O)CSc2nnc3ccc(-c4ccc(F)cc4)nn23)cc1OC. The van der Waals surface area contributed by atoms with Crippen LogP contribution in [0, 0.1) is 5.82 Å². The molecule has 1 N–H and O–H groups in total.